The number of hydrogen-bond donors (Lipinski definition) is 1. The van der Waals surface area contributed by atoms with Gasteiger partial charge in [0.25, 0.3) is 0 Å². The maximum atomic E-state index is 13.3. The molecule has 1 radical (unpaired) electrons. The fourth-order valence-electron chi connectivity index (χ4n) is 1.71. The molecular formula is C10HF21NaO3S. The van der Waals surface area contributed by atoms with Crippen LogP contribution in [0.15, 0.2) is 0 Å². The van der Waals surface area contributed by atoms with E-state index in [1.807, 2.05) is 0 Å². The summed E-state index contributed by atoms with van der Waals surface area (Å²) >= 11 is 0. The summed E-state index contributed by atoms with van der Waals surface area (Å²) in [6, 6.07) is 0. The molecule has 213 valence electrons. The third kappa shape index (κ3) is 4.40. The third-order valence-electron chi connectivity index (χ3n) is 3.81. The molecule has 0 saturated heterocycles. The van der Waals surface area contributed by atoms with Crippen molar-refractivity contribution in [3.63, 3.8) is 0 Å². The van der Waals surface area contributed by atoms with Gasteiger partial charge in [0.05, 0.1) is 0 Å². The number of hydrogen-bond acceptors (Lipinski definition) is 2. The Hall–Kier alpha value is -0.560. The zero-order valence-corrected chi connectivity index (χ0v) is 18.4. The molecule has 0 aliphatic carbocycles. The minimum Gasteiger partial charge on any atom is -0.281 e. The average molecular weight is 623 g/mol. The maximum Gasteiger partial charge on any atom is 0.460 e. The average Bonchev–Trinajstić information content (AvgIpc) is 2.58. The SMILES string of the molecule is O=S(=O)(O)C(F)(F)C(F)(F)C(F)(F)C(F)(F)C(F)(F)C(F)(F)C(F)(F)C(F)(F)C(F)(F)C(F)(F)F.[Na]. The predicted octanol–water partition coefficient (Wildman–Crippen LogP) is 5.73. The van der Waals surface area contributed by atoms with Gasteiger partial charge in [0.2, 0.25) is 0 Å². The summed E-state index contributed by atoms with van der Waals surface area (Å²) in [7, 11) is -8.09. The van der Waals surface area contributed by atoms with Gasteiger partial charge in [-0.1, -0.05) is 0 Å². The Labute approximate surface area is 204 Å². The van der Waals surface area contributed by atoms with Gasteiger partial charge in [0.1, 0.15) is 0 Å². The van der Waals surface area contributed by atoms with E-state index in [-0.39, 0.29) is 29.6 Å². The van der Waals surface area contributed by atoms with E-state index < -0.39 is 68.9 Å². The molecule has 3 nitrogen and oxygen atoms in total. The van der Waals surface area contributed by atoms with Crippen LogP contribution in [0.25, 0.3) is 0 Å². The molecule has 0 bridgehead atoms. The van der Waals surface area contributed by atoms with Crippen molar-refractivity contribution in [1.29, 1.82) is 0 Å². The van der Waals surface area contributed by atoms with Gasteiger partial charge in [-0.15, -0.1) is 0 Å². The van der Waals surface area contributed by atoms with Crippen LogP contribution >= 0.6 is 0 Å². The summed E-state index contributed by atoms with van der Waals surface area (Å²) in [4.78, 5) is 0. The topological polar surface area (TPSA) is 54.4 Å². The second-order valence-electron chi connectivity index (χ2n) is 6.08. The minimum absolute atomic E-state index is 0. The molecule has 0 aromatic heterocycles. The first-order valence-electron chi connectivity index (χ1n) is 6.94. The molecule has 0 atom stereocenters. The van der Waals surface area contributed by atoms with Crippen molar-refractivity contribution in [2.45, 2.75) is 58.8 Å². The van der Waals surface area contributed by atoms with Crippen molar-refractivity contribution in [3.05, 3.63) is 0 Å². The Bertz CT molecular complexity index is 919. The fourth-order valence-corrected chi connectivity index (χ4v) is 2.16. The van der Waals surface area contributed by atoms with E-state index in [1.54, 1.807) is 0 Å². The van der Waals surface area contributed by atoms with Crippen LogP contribution in [-0.2, 0) is 10.1 Å². The van der Waals surface area contributed by atoms with E-state index in [1.165, 1.54) is 0 Å². The van der Waals surface area contributed by atoms with Crippen molar-refractivity contribution < 1.29 is 105 Å². The Kier molecular flexibility index (Phi) is 9.39. The Morgan fingerprint density at radius 1 is 0.361 bits per heavy atom. The zero-order chi connectivity index (χ0) is 29.5. The summed E-state index contributed by atoms with van der Waals surface area (Å²) in [5, 5.41) is -8.06. The Morgan fingerprint density at radius 3 is 0.694 bits per heavy atom. The van der Waals surface area contributed by atoms with Crippen molar-refractivity contribution in [2.75, 3.05) is 0 Å². The summed E-state index contributed by atoms with van der Waals surface area (Å²) in [6.07, 6.45) is -8.08. The molecule has 36 heavy (non-hydrogen) atoms. The van der Waals surface area contributed by atoms with Crippen LogP contribution in [0, 0.1) is 0 Å². The van der Waals surface area contributed by atoms with E-state index in [0.29, 0.717) is 0 Å². The summed E-state index contributed by atoms with van der Waals surface area (Å²) in [6.45, 7) is 0. The summed E-state index contributed by atoms with van der Waals surface area (Å²) in [5.74, 6) is -72.6. The molecule has 0 amide bonds. The maximum absolute atomic E-state index is 13.3. The van der Waals surface area contributed by atoms with Gasteiger partial charge >= 0.3 is 68.9 Å². The number of halogens is 21. The van der Waals surface area contributed by atoms with E-state index in [4.69, 9.17) is 4.55 Å². The van der Waals surface area contributed by atoms with Crippen molar-refractivity contribution in [1.82, 2.24) is 0 Å². The molecule has 0 aromatic carbocycles. The first kappa shape index (κ1) is 37.6. The largest absolute Gasteiger partial charge is 0.460 e. The van der Waals surface area contributed by atoms with Crippen LogP contribution in [0.3, 0.4) is 0 Å². The van der Waals surface area contributed by atoms with Crippen molar-refractivity contribution in [3.8, 4) is 0 Å². The second kappa shape index (κ2) is 8.99. The predicted molar refractivity (Wildman–Crippen MR) is 67.9 cm³/mol. The molecule has 0 saturated carbocycles. The van der Waals surface area contributed by atoms with Crippen LogP contribution in [-0.4, -0.2) is 101 Å². The van der Waals surface area contributed by atoms with Gasteiger partial charge in [-0.3, -0.25) is 4.55 Å². The third-order valence-corrected chi connectivity index (χ3v) is 4.71. The second-order valence-corrected chi connectivity index (χ2v) is 7.55. The van der Waals surface area contributed by atoms with Gasteiger partial charge in [0.15, 0.2) is 0 Å². The molecule has 0 rings (SSSR count). The quantitative estimate of drug-likeness (QED) is 0.203. The van der Waals surface area contributed by atoms with Gasteiger partial charge in [-0.2, -0.15) is 101 Å². The molecule has 0 heterocycles. The Morgan fingerprint density at radius 2 is 0.528 bits per heavy atom. The van der Waals surface area contributed by atoms with Crippen molar-refractivity contribution in [2.24, 2.45) is 0 Å². The molecule has 0 fully saturated rings. The van der Waals surface area contributed by atoms with Crippen LogP contribution < -0.4 is 0 Å². The van der Waals surface area contributed by atoms with Crippen LogP contribution in [0.4, 0.5) is 92.2 Å². The first-order valence-corrected chi connectivity index (χ1v) is 8.38. The molecular weight excluding hydrogens is 622 g/mol. The molecule has 0 unspecified atom stereocenters. The van der Waals surface area contributed by atoms with E-state index in [9.17, 15) is 101 Å². The van der Waals surface area contributed by atoms with E-state index in [0.717, 1.165) is 0 Å². The standard InChI is InChI=1S/C10HF21O3S.Na/c11-1(12,3(15,16)5(19,20)7(23,24)9(27,28)29)2(13,14)4(17,18)6(21,22)8(25,26)10(30,31)35(32,33)34;/h(H,32,33,34);. The Balaban J connectivity index is 0. The van der Waals surface area contributed by atoms with Gasteiger partial charge in [-0.05, 0) is 0 Å². The molecule has 0 aliphatic heterocycles. The van der Waals surface area contributed by atoms with Gasteiger partial charge in [-0.25, -0.2) is 0 Å². The van der Waals surface area contributed by atoms with Crippen molar-refractivity contribution >= 4 is 39.7 Å². The monoisotopic (exact) mass is 623 g/mol. The molecule has 0 aromatic rings. The first-order chi connectivity index (χ1) is 14.5. The number of alkyl halides is 21. The fraction of sp³-hybridized carbons (Fsp3) is 1.00. The molecule has 0 spiro atoms. The zero-order valence-electron chi connectivity index (χ0n) is 15.6. The van der Waals surface area contributed by atoms with E-state index >= 15 is 0 Å². The molecule has 1 N–H and O–H groups in total. The normalized spacial score (nSPS) is 16.6. The summed E-state index contributed by atoms with van der Waals surface area (Å²) < 4.78 is 298. The van der Waals surface area contributed by atoms with Gasteiger partial charge < -0.3 is 0 Å². The number of rotatable bonds is 9. The van der Waals surface area contributed by atoms with Crippen LogP contribution in [0.1, 0.15) is 0 Å². The van der Waals surface area contributed by atoms with Gasteiger partial charge in [0, 0.05) is 29.6 Å². The van der Waals surface area contributed by atoms with Crippen LogP contribution in [0.2, 0.25) is 0 Å². The molecule has 26 heteroatoms. The minimum atomic E-state index is -9.38. The summed E-state index contributed by atoms with van der Waals surface area (Å²) in [5.41, 5.74) is 0. The molecule has 0 aliphatic rings. The van der Waals surface area contributed by atoms with Crippen LogP contribution in [0.5, 0.6) is 0 Å². The van der Waals surface area contributed by atoms with E-state index in [2.05, 4.69) is 0 Å². The smallest absolute Gasteiger partial charge is 0.281 e.